The molecular formula is C12H22N2O3S. The van der Waals surface area contributed by atoms with Gasteiger partial charge in [-0.1, -0.05) is 0 Å². The van der Waals surface area contributed by atoms with Gasteiger partial charge in [0.2, 0.25) is 0 Å². The van der Waals surface area contributed by atoms with Crippen molar-refractivity contribution in [3.8, 4) is 0 Å². The maximum absolute atomic E-state index is 12.2. The normalized spacial score (nSPS) is 20.8. The molecule has 2 atom stereocenters. The average molecular weight is 274 g/mol. The topological polar surface area (TPSA) is 60.9 Å². The molecule has 0 spiro atoms. The summed E-state index contributed by atoms with van der Waals surface area (Å²) in [5.74, 6) is 0.104. The lowest BCUT2D eigenvalue weighted by molar-refractivity contribution is -0.141. The molecule has 18 heavy (non-hydrogen) atoms. The van der Waals surface area contributed by atoms with Crippen LogP contribution < -0.4 is 0 Å². The summed E-state index contributed by atoms with van der Waals surface area (Å²) in [6, 6.07) is -0.666. The zero-order valence-electron chi connectivity index (χ0n) is 11.3. The minimum absolute atomic E-state index is 0.139. The van der Waals surface area contributed by atoms with E-state index in [-0.39, 0.29) is 12.1 Å². The van der Waals surface area contributed by atoms with Crippen LogP contribution in [-0.4, -0.2) is 64.6 Å². The number of hydrogen-bond donors (Lipinski definition) is 1. The van der Waals surface area contributed by atoms with Gasteiger partial charge < -0.3 is 14.9 Å². The van der Waals surface area contributed by atoms with Crippen molar-refractivity contribution in [1.29, 1.82) is 0 Å². The third kappa shape index (κ3) is 3.54. The number of hydrogen-bond acceptors (Lipinski definition) is 3. The van der Waals surface area contributed by atoms with Crippen molar-refractivity contribution in [1.82, 2.24) is 9.80 Å². The molecule has 0 aromatic carbocycles. The quantitative estimate of drug-likeness (QED) is 0.829. The van der Waals surface area contributed by atoms with Crippen molar-refractivity contribution in [2.75, 3.05) is 25.6 Å². The predicted octanol–water partition coefficient (Wildman–Crippen LogP) is 1.73. The Bertz CT molecular complexity index is 312. The SMILES string of the molecule is CSCCC(C)N(C)C(=O)N1CCCC1C(=O)O. The van der Waals surface area contributed by atoms with E-state index in [1.165, 1.54) is 4.90 Å². The summed E-state index contributed by atoms with van der Waals surface area (Å²) < 4.78 is 0. The van der Waals surface area contributed by atoms with E-state index < -0.39 is 12.0 Å². The molecule has 1 rings (SSSR count). The van der Waals surface area contributed by atoms with E-state index in [2.05, 4.69) is 0 Å². The van der Waals surface area contributed by atoms with Crippen LogP contribution >= 0.6 is 11.8 Å². The highest BCUT2D eigenvalue weighted by Gasteiger charge is 2.36. The van der Waals surface area contributed by atoms with Crippen LogP contribution in [0, 0.1) is 0 Å². The van der Waals surface area contributed by atoms with E-state index in [1.54, 1.807) is 23.7 Å². The van der Waals surface area contributed by atoms with E-state index in [9.17, 15) is 9.59 Å². The molecule has 1 heterocycles. The first kappa shape index (κ1) is 15.1. The van der Waals surface area contributed by atoms with Gasteiger partial charge in [-0.15, -0.1) is 0 Å². The lowest BCUT2D eigenvalue weighted by atomic mass is 10.2. The number of aliphatic carboxylic acids is 1. The summed E-state index contributed by atoms with van der Waals surface area (Å²) in [5.41, 5.74) is 0. The molecule has 0 aliphatic carbocycles. The summed E-state index contributed by atoms with van der Waals surface area (Å²) in [6.07, 6.45) is 4.30. The molecule has 1 fully saturated rings. The van der Waals surface area contributed by atoms with E-state index in [1.807, 2.05) is 13.2 Å². The maximum Gasteiger partial charge on any atom is 0.326 e. The molecule has 1 aliphatic rings. The van der Waals surface area contributed by atoms with Gasteiger partial charge in [0, 0.05) is 19.6 Å². The van der Waals surface area contributed by atoms with Gasteiger partial charge in [-0.2, -0.15) is 11.8 Å². The number of thioether (sulfide) groups is 1. The Morgan fingerprint density at radius 2 is 2.22 bits per heavy atom. The smallest absolute Gasteiger partial charge is 0.326 e. The number of rotatable bonds is 5. The highest BCUT2D eigenvalue weighted by molar-refractivity contribution is 7.98. The summed E-state index contributed by atoms with van der Waals surface area (Å²) >= 11 is 1.75. The first-order valence-electron chi connectivity index (χ1n) is 6.24. The Morgan fingerprint density at radius 3 is 2.78 bits per heavy atom. The Kier molecular flexibility index (Phi) is 5.78. The Morgan fingerprint density at radius 1 is 1.56 bits per heavy atom. The molecular weight excluding hydrogens is 252 g/mol. The number of carboxylic acid groups (broad SMARTS) is 1. The van der Waals surface area contributed by atoms with Crippen LogP contribution in [0.15, 0.2) is 0 Å². The van der Waals surface area contributed by atoms with E-state index in [0.717, 1.165) is 18.6 Å². The molecule has 0 aromatic heterocycles. The van der Waals surface area contributed by atoms with Crippen LogP contribution in [0.2, 0.25) is 0 Å². The summed E-state index contributed by atoms with van der Waals surface area (Å²) in [5, 5.41) is 9.08. The molecule has 0 radical (unpaired) electrons. The first-order valence-corrected chi connectivity index (χ1v) is 7.63. The number of carboxylic acids is 1. The van der Waals surface area contributed by atoms with Gasteiger partial charge in [0.1, 0.15) is 6.04 Å². The minimum atomic E-state index is -0.897. The highest BCUT2D eigenvalue weighted by Crippen LogP contribution is 2.20. The Balaban J connectivity index is 2.59. The lowest BCUT2D eigenvalue weighted by Crippen LogP contribution is -2.49. The van der Waals surface area contributed by atoms with Crippen LogP contribution in [0.4, 0.5) is 4.79 Å². The van der Waals surface area contributed by atoms with Gasteiger partial charge in [-0.3, -0.25) is 0 Å². The molecule has 1 aliphatic heterocycles. The maximum atomic E-state index is 12.2. The number of urea groups is 1. The van der Waals surface area contributed by atoms with E-state index in [0.29, 0.717) is 13.0 Å². The van der Waals surface area contributed by atoms with Crippen molar-refractivity contribution in [3.63, 3.8) is 0 Å². The fraction of sp³-hybridized carbons (Fsp3) is 0.833. The second-order valence-corrected chi connectivity index (χ2v) is 5.70. The fourth-order valence-corrected chi connectivity index (χ4v) is 2.70. The van der Waals surface area contributed by atoms with Gasteiger partial charge >= 0.3 is 12.0 Å². The molecule has 0 aromatic rings. The molecule has 0 bridgehead atoms. The van der Waals surface area contributed by atoms with Crippen molar-refractivity contribution >= 4 is 23.8 Å². The predicted molar refractivity (Wildman–Crippen MR) is 73.0 cm³/mol. The molecule has 1 N–H and O–H groups in total. The molecule has 1 saturated heterocycles. The van der Waals surface area contributed by atoms with Gasteiger partial charge in [0.25, 0.3) is 0 Å². The van der Waals surface area contributed by atoms with Crippen molar-refractivity contribution < 1.29 is 14.7 Å². The molecule has 5 nitrogen and oxygen atoms in total. The molecule has 0 saturated carbocycles. The van der Waals surface area contributed by atoms with Crippen LogP contribution in [-0.2, 0) is 4.79 Å². The summed E-state index contributed by atoms with van der Waals surface area (Å²) in [7, 11) is 1.75. The van der Waals surface area contributed by atoms with Gasteiger partial charge in [-0.05, 0) is 38.2 Å². The summed E-state index contributed by atoms with van der Waals surface area (Å²) in [4.78, 5) is 26.5. The van der Waals surface area contributed by atoms with Gasteiger partial charge in [-0.25, -0.2) is 9.59 Å². The number of carbonyl (C=O) groups is 2. The van der Waals surface area contributed by atoms with Crippen LogP contribution in [0.5, 0.6) is 0 Å². The Hall–Kier alpha value is -0.910. The standard InChI is InChI=1S/C12H22N2O3S/c1-9(6-8-18-3)13(2)12(17)14-7-4-5-10(14)11(15)16/h9-10H,4-8H2,1-3H3,(H,15,16). The molecule has 6 heteroatoms. The van der Waals surface area contributed by atoms with E-state index in [4.69, 9.17) is 5.11 Å². The number of carbonyl (C=O) groups excluding carboxylic acids is 1. The van der Waals surface area contributed by atoms with Gasteiger partial charge in [0.15, 0.2) is 0 Å². The second kappa shape index (κ2) is 6.87. The molecule has 2 amide bonds. The van der Waals surface area contributed by atoms with Crippen LogP contribution in [0.1, 0.15) is 26.2 Å². The first-order chi connectivity index (χ1) is 8.49. The summed E-state index contributed by atoms with van der Waals surface area (Å²) in [6.45, 7) is 2.55. The number of nitrogens with zero attached hydrogens (tertiary/aromatic N) is 2. The minimum Gasteiger partial charge on any atom is -0.480 e. The monoisotopic (exact) mass is 274 g/mol. The largest absolute Gasteiger partial charge is 0.480 e. The zero-order valence-corrected chi connectivity index (χ0v) is 12.1. The van der Waals surface area contributed by atoms with Crippen molar-refractivity contribution in [3.05, 3.63) is 0 Å². The number of amides is 2. The van der Waals surface area contributed by atoms with E-state index >= 15 is 0 Å². The molecule has 104 valence electrons. The fourth-order valence-electron chi connectivity index (χ4n) is 2.13. The van der Waals surface area contributed by atoms with Crippen molar-refractivity contribution in [2.45, 2.75) is 38.3 Å². The third-order valence-corrected chi connectivity index (χ3v) is 4.13. The second-order valence-electron chi connectivity index (χ2n) is 4.71. The number of likely N-dealkylation sites (tertiary alicyclic amines) is 1. The lowest BCUT2D eigenvalue weighted by Gasteiger charge is -2.31. The highest BCUT2D eigenvalue weighted by atomic mass is 32.2. The molecule has 2 unspecified atom stereocenters. The zero-order chi connectivity index (χ0) is 13.7. The van der Waals surface area contributed by atoms with Crippen LogP contribution in [0.25, 0.3) is 0 Å². The van der Waals surface area contributed by atoms with Crippen LogP contribution in [0.3, 0.4) is 0 Å². The Labute approximate surface area is 113 Å². The average Bonchev–Trinajstić information content (AvgIpc) is 2.83. The third-order valence-electron chi connectivity index (χ3n) is 3.49. The van der Waals surface area contributed by atoms with Crippen molar-refractivity contribution in [2.24, 2.45) is 0 Å². The van der Waals surface area contributed by atoms with Gasteiger partial charge in [0.05, 0.1) is 0 Å².